The lowest BCUT2D eigenvalue weighted by molar-refractivity contribution is -0.160. The van der Waals surface area contributed by atoms with Crippen molar-refractivity contribution < 1.29 is 9.47 Å². The molecule has 6 heteroatoms. The van der Waals surface area contributed by atoms with Crippen LogP contribution >= 0.6 is 11.6 Å². The lowest BCUT2D eigenvalue weighted by Gasteiger charge is -2.51. The predicted molar refractivity (Wildman–Crippen MR) is 119 cm³/mol. The highest BCUT2D eigenvalue weighted by Crippen LogP contribution is 2.51. The van der Waals surface area contributed by atoms with Crippen LogP contribution in [0.25, 0.3) is 5.70 Å². The SMILES string of the molecule is CCCN1CCC2(CC1)Oc1c(OC)cccc1[C@H]1C=C(c3ccc(Cl)cc3)NN12. The summed E-state index contributed by atoms with van der Waals surface area (Å²) >= 11 is 6.11. The Morgan fingerprint density at radius 1 is 1.17 bits per heavy atom. The van der Waals surface area contributed by atoms with Crippen molar-refractivity contribution in [1.29, 1.82) is 0 Å². The number of rotatable bonds is 4. The van der Waals surface area contributed by atoms with Crippen molar-refractivity contribution in [2.45, 2.75) is 38.0 Å². The van der Waals surface area contributed by atoms with E-state index in [1.165, 1.54) is 6.42 Å². The molecule has 5 rings (SSSR count). The Morgan fingerprint density at radius 2 is 1.93 bits per heavy atom. The van der Waals surface area contributed by atoms with E-state index < -0.39 is 5.72 Å². The van der Waals surface area contributed by atoms with E-state index in [9.17, 15) is 0 Å². The number of benzene rings is 2. The van der Waals surface area contributed by atoms with Crippen molar-refractivity contribution in [3.05, 3.63) is 64.7 Å². The molecule has 0 aromatic heterocycles. The fourth-order valence-electron chi connectivity index (χ4n) is 4.90. The Hall–Kier alpha value is -2.21. The van der Waals surface area contributed by atoms with E-state index in [-0.39, 0.29) is 6.04 Å². The van der Waals surface area contributed by atoms with E-state index in [1.54, 1.807) is 7.11 Å². The van der Waals surface area contributed by atoms with Gasteiger partial charge in [0.15, 0.2) is 17.2 Å². The first-order valence-corrected chi connectivity index (χ1v) is 11.1. The van der Waals surface area contributed by atoms with Gasteiger partial charge >= 0.3 is 0 Å². The van der Waals surface area contributed by atoms with E-state index >= 15 is 0 Å². The van der Waals surface area contributed by atoms with Crippen LogP contribution in [0.3, 0.4) is 0 Å². The third-order valence-corrected chi connectivity index (χ3v) is 6.71. The minimum atomic E-state index is -0.402. The van der Waals surface area contributed by atoms with Crippen LogP contribution in [0.1, 0.15) is 43.4 Å². The molecule has 158 valence electrons. The molecule has 0 amide bonds. The Labute approximate surface area is 183 Å². The maximum absolute atomic E-state index is 6.78. The molecule has 1 atom stereocenters. The zero-order chi connectivity index (χ0) is 20.7. The summed E-state index contributed by atoms with van der Waals surface area (Å²) in [6.07, 6.45) is 5.35. The van der Waals surface area contributed by atoms with Crippen LogP contribution in [0.4, 0.5) is 0 Å². The molecule has 1 spiro atoms. The number of likely N-dealkylation sites (tertiary alicyclic amines) is 1. The van der Waals surface area contributed by atoms with Gasteiger partial charge in [-0.2, -0.15) is 5.01 Å². The zero-order valence-electron chi connectivity index (χ0n) is 17.5. The van der Waals surface area contributed by atoms with Crippen molar-refractivity contribution in [1.82, 2.24) is 15.3 Å². The van der Waals surface area contributed by atoms with Gasteiger partial charge in [0.05, 0.1) is 18.8 Å². The summed E-state index contributed by atoms with van der Waals surface area (Å²) in [5, 5.41) is 3.07. The van der Waals surface area contributed by atoms with E-state index in [4.69, 9.17) is 21.1 Å². The summed E-state index contributed by atoms with van der Waals surface area (Å²) in [6.45, 7) is 5.43. The Bertz CT molecular complexity index is 951. The van der Waals surface area contributed by atoms with Crippen LogP contribution in [-0.4, -0.2) is 42.4 Å². The van der Waals surface area contributed by atoms with E-state index in [1.807, 2.05) is 24.3 Å². The molecular weight excluding hydrogens is 398 g/mol. The zero-order valence-corrected chi connectivity index (χ0v) is 18.3. The number of halogens is 1. The maximum atomic E-state index is 6.78. The molecule has 1 fully saturated rings. The number of nitrogens with zero attached hydrogens (tertiary/aromatic N) is 2. The van der Waals surface area contributed by atoms with Crippen LogP contribution < -0.4 is 14.9 Å². The van der Waals surface area contributed by atoms with Gasteiger partial charge in [0.25, 0.3) is 0 Å². The first-order chi connectivity index (χ1) is 14.6. The molecule has 0 bridgehead atoms. The van der Waals surface area contributed by atoms with Crippen LogP contribution in [-0.2, 0) is 0 Å². The predicted octanol–water partition coefficient (Wildman–Crippen LogP) is 4.85. The van der Waals surface area contributed by atoms with E-state index in [2.05, 4.69) is 46.5 Å². The third-order valence-electron chi connectivity index (χ3n) is 6.46. The molecule has 3 aliphatic heterocycles. The highest BCUT2D eigenvalue weighted by molar-refractivity contribution is 6.30. The largest absolute Gasteiger partial charge is 0.493 e. The van der Waals surface area contributed by atoms with Crippen molar-refractivity contribution in [2.24, 2.45) is 0 Å². The molecule has 2 aromatic carbocycles. The topological polar surface area (TPSA) is 37.0 Å². The molecule has 0 saturated carbocycles. The van der Waals surface area contributed by atoms with Gasteiger partial charge in [-0.3, -0.25) is 0 Å². The van der Waals surface area contributed by atoms with Crippen molar-refractivity contribution in [3.8, 4) is 11.5 Å². The molecule has 3 aliphatic rings. The molecule has 5 nitrogen and oxygen atoms in total. The molecule has 0 unspecified atom stereocenters. The lowest BCUT2D eigenvalue weighted by Crippen LogP contribution is -2.63. The molecular formula is C24H28ClN3O2. The molecule has 3 heterocycles. The number of para-hydroxylation sites is 1. The second kappa shape index (κ2) is 7.80. The molecule has 30 heavy (non-hydrogen) atoms. The Kier molecular flexibility index (Phi) is 5.13. The molecule has 1 N–H and O–H groups in total. The fraction of sp³-hybridized carbons (Fsp3) is 0.417. The van der Waals surface area contributed by atoms with Crippen LogP contribution in [0, 0.1) is 0 Å². The summed E-state index contributed by atoms with van der Waals surface area (Å²) in [5.41, 5.74) is 6.62. The molecule has 0 radical (unpaired) electrons. The summed E-state index contributed by atoms with van der Waals surface area (Å²) < 4.78 is 12.5. The highest BCUT2D eigenvalue weighted by Gasteiger charge is 2.52. The number of nitrogens with one attached hydrogen (secondary N) is 1. The summed E-state index contributed by atoms with van der Waals surface area (Å²) in [4.78, 5) is 2.53. The third kappa shape index (κ3) is 3.25. The number of hydrogen-bond acceptors (Lipinski definition) is 5. The van der Waals surface area contributed by atoms with Gasteiger partial charge < -0.3 is 19.8 Å². The fourth-order valence-corrected chi connectivity index (χ4v) is 5.03. The number of hydrazine groups is 1. The van der Waals surface area contributed by atoms with Crippen molar-refractivity contribution >= 4 is 17.3 Å². The second-order valence-electron chi connectivity index (χ2n) is 8.28. The first-order valence-electron chi connectivity index (χ1n) is 10.8. The molecule has 1 saturated heterocycles. The van der Waals surface area contributed by atoms with Crippen molar-refractivity contribution in [3.63, 3.8) is 0 Å². The van der Waals surface area contributed by atoms with Gasteiger partial charge in [-0.05, 0) is 42.8 Å². The summed E-state index contributed by atoms with van der Waals surface area (Å²) in [6, 6.07) is 14.2. The standard InChI is InChI=1S/C24H28ClN3O2/c1-3-13-27-14-11-24(12-15-27)28-21(19-5-4-6-22(29-2)23(19)30-24)16-20(26-28)17-7-9-18(25)10-8-17/h4-10,16,21,26H,3,11-15H2,1-2H3/t21-/m1/s1. The van der Waals surface area contributed by atoms with Crippen LogP contribution in [0.5, 0.6) is 11.5 Å². The average molecular weight is 426 g/mol. The number of hydrogen-bond donors (Lipinski definition) is 1. The van der Waals surface area contributed by atoms with E-state index in [0.717, 1.165) is 65.8 Å². The van der Waals surface area contributed by atoms with Gasteiger partial charge in [0.2, 0.25) is 0 Å². The smallest absolute Gasteiger partial charge is 0.183 e. The Morgan fingerprint density at radius 3 is 2.63 bits per heavy atom. The maximum Gasteiger partial charge on any atom is 0.183 e. The second-order valence-corrected chi connectivity index (χ2v) is 8.72. The highest BCUT2D eigenvalue weighted by atomic mass is 35.5. The lowest BCUT2D eigenvalue weighted by atomic mass is 9.92. The number of ether oxygens (including phenoxy) is 2. The van der Waals surface area contributed by atoms with Crippen molar-refractivity contribution in [2.75, 3.05) is 26.7 Å². The summed E-state index contributed by atoms with van der Waals surface area (Å²) in [7, 11) is 1.71. The average Bonchev–Trinajstić information content (AvgIpc) is 3.23. The Balaban J connectivity index is 1.54. The van der Waals surface area contributed by atoms with Gasteiger partial charge in [-0.1, -0.05) is 42.8 Å². The first kappa shape index (κ1) is 19.7. The molecule has 0 aliphatic carbocycles. The minimum Gasteiger partial charge on any atom is -0.493 e. The summed E-state index contributed by atoms with van der Waals surface area (Å²) in [5.74, 6) is 1.68. The number of methoxy groups -OCH3 is 1. The van der Waals surface area contributed by atoms with Gasteiger partial charge in [-0.15, -0.1) is 0 Å². The van der Waals surface area contributed by atoms with Crippen LogP contribution in [0.15, 0.2) is 48.5 Å². The monoisotopic (exact) mass is 425 g/mol. The van der Waals surface area contributed by atoms with Gasteiger partial charge in [0.1, 0.15) is 0 Å². The quantitative estimate of drug-likeness (QED) is 0.758. The number of piperidine rings is 1. The van der Waals surface area contributed by atoms with E-state index in [0.29, 0.717) is 0 Å². The molecule has 2 aromatic rings. The number of fused-ring (bicyclic) bond motifs is 4. The van der Waals surface area contributed by atoms with Gasteiger partial charge in [0, 0.05) is 36.5 Å². The normalized spacial score (nSPS) is 22.6. The minimum absolute atomic E-state index is 0.0900. The van der Waals surface area contributed by atoms with Crippen LogP contribution in [0.2, 0.25) is 5.02 Å². The van der Waals surface area contributed by atoms with Gasteiger partial charge in [-0.25, -0.2) is 0 Å².